The van der Waals surface area contributed by atoms with Crippen LogP contribution in [0.4, 0.5) is 11.4 Å². The van der Waals surface area contributed by atoms with Gasteiger partial charge in [-0.15, -0.1) is 0 Å². The third-order valence-electron chi connectivity index (χ3n) is 4.35. The van der Waals surface area contributed by atoms with Crippen molar-refractivity contribution in [3.63, 3.8) is 0 Å². The lowest BCUT2D eigenvalue weighted by atomic mass is 10.1. The summed E-state index contributed by atoms with van der Waals surface area (Å²) in [4.78, 5) is 35.5. The topological polar surface area (TPSA) is 93.7 Å². The molecule has 1 aliphatic heterocycles. The zero-order chi connectivity index (χ0) is 20.8. The smallest absolute Gasteiger partial charge is 0.340 e. The number of thioether (sulfide) groups is 1. The van der Waals surface area contributed by atoms with Gasteiger partial charge in [-0.25, -0.2) is 14.8 Å². The molecule has 1 aromatic heterocycles. The number of rotatable bonds is 6. The van der Waals surface area contributed by atoms with Gasteiger partial charge in [0.1, 0.15) is 0 Å². The van der Waals surface area contributed by atoms with E-state index in [1.165, 1.54) is 18.9 Å². The molecule has 1 saturated heterocycles. The molecule has 0 spiro atoms. The van der Waals surface area contributed by atoms with Crippen LogP contribution in [0.5, 0.6) is 0 Å². The van der Waals surface area contributed by atoms with E-state index in [1.807, 2.05) is 26.0 Å². The highest BCUT2D eigenvalue weighted by Crippen LogP contribution is 2.25. The second-order valence-corrected chi connectivity index (χ2v) is 7.53. The number of nitrogens with zero attached hydrogens (tertiary/aromatic N) is 3. The molecule has 1 N–H and O–H groups in total. The third-order valence-corrected chi connectivity index (χ3v) is 5.20. The van der Waals surface area contributed by atoms with Crippen molar-refractivity contribution in [2.45, 2.75) is 19.0 Å². The maximum Gasteiger partial charge on any atom is 0.340 e. The molecule has 154 valence electrons. The van der Waals surface area contributed by atoms with Gasteiger partial charge in [0.25, 0.3) is 0 Å². The molecule has 1 aromatic carbocycles. The van der Waals surface area contributed by atoms with Gasteiger partial charge in [-0.1, -0.05) is 11.8 Å². The van der Waals surface area contributed by atoms with Crippen LogP contribution in [0.15, 0.2) is 29.4 Å². The van der Waals surface area contributed by atoms with Crippen molar-refractivity contribution < 1.29 is 19.1 Å². The number of hydrogen-bond donors (Lipinski definition) is 1. The van der Waals surface area contributed by atoms with Crippen LogP contribution < -0.4 is 10.2 Å². The number of methoxy groups -OCH3 is 1. The van der Waals surface area contributed by atoms with E-state index in [4.69, 9.17) is 9.47 Å². The number of amides is 1. The normalized spacial score (nSPS) is 13.8. The van der Waals surface area contributed by atoms with Crippen molar-refractivity contribution in [1.82, 2.24) is 9.97 Å². The van der Waals surface area contributed by atoms with E-state index in [1.54, 1.807) is 12.1 Å². The molecule has 9 heteroatoms. The molecule has 1 amide bonds. The Labute approximate surface area is 174 Å². The minimum Gasteiger partial charge on any atom is -0.465 e. The average molecular weight is 417 g/mol. The van der Waals surface area contributed by atoms with Gasteiger partial charge in [-0.05, 0) is 38.1 Å². The van der Waals surface area contributed by atoms with Gasteiger partial charge in [0.05, 0.1) is 37.3 Å². The van der Waals surface area contributed by atoms with E-state index < -0.39 is 5.97 Å². The fourth-order valence-corrected chi connectivity index (χ4v) is 3.76. The number of morpholine rings is 1. The first-order valence-electron chi connectivity index (χ1n) is 9.26. The standard InChI is InChI=1S/C20H24N4O4S/c1-13-10-14(2)22-20(21-13)29-12-18(25)23-17-5-4-15(11-16(17)19(26)27-3)24-6-8-28-9-7-24/h4-5,10-11H,6-9,12H2,1-3H3,(H,23,25). The van der Waals surface area contributed by atoms with E-state index in [0.29, 0.717) is 29.6 Å². The summed E-state index contributed by atoms with van der Waals surface area (Å²) < 4.78 is 10.3. The van der Waals surface area contributed by atoms with Crippen molar-refractivity contribution in [3.05, 3.63) is 41.2 Å². The quantitative estimate of drug-likeness (QED) is 0.436. The molecule has 0 saturated carbocycles. The van der Waals surface area contributed by atoms with E-state index in [-0.39, 0.29) is 11.7 Å². The van der Waals surface area contributed by atoms with Gasteiger partial charge in [0, 0.05) is 30.2 Å². The van der Waals surface area contributed by atoms with Gasteiger partial charge < -0.3 is 19.7 Å². The van der Waals surface area contributed by atoms with Crippen LogP contribution in [0, 0.1) is 13.8 Å². The molecule has 2 heterocycles. The minimum absolute atomic E-state index is 0.134. The first-order chi connectivity index (χ1) is 14.0. The fourth-order valence-electron chi connectivity index (χ4n) is 3.01. The highest BCUT2D eigenvalue weighted by atomic mass is 32.2. The van der Waals surface area contributed by atoms with E-state index in [9.17, 15) is 9.59 Å². The third kappa shape index (κ3) is 5.68. The Morgan fingerprint density at radius 2 is 1.86 bits per heavy atom. The van der Waals surface area contributed by atoms with Gasteiger partial charge in [0.2, 0.25) is 5.91 Å². The molecule has 0 radical (unpaired) electrons. The van der Waals surface area contributed by atoms with Crippen LogP contribution in [0.25, 0.3) is 0 Å². The molecule has 1 aliphatic rings. The largest absolute Gasteiger partial charge is 0.465 e. The molecule has 1 fully saturated rings. The van der Waals surface area contributed by atoms with Crippen LogP contribution in [-0.4, -0.2) is 61.0 Å². The monoisotopic (exact) mass is 416 g/mol. The fraction of sp³-hybridized carbons (Fsp3) is 0.400. The van der Waals surface area contributed by atoms with Crippen LogP contribution in [0.1, 0.15) is 21.7 Å². The molecular weight excluding hydrogens is 392 g/mol. The van der Waals surface area contributed by atoms with E-state index in [2.05, 4.69) is 20.2 Å². The van der Waals surface area contributed by atoms with Crippen molar-refractivity contribution in [3.8, 4) is 0 Å². The molecule has 3 rings (SSSR count). The van der Waals surface area contributed by atoms with Crippen molar-refractivity contribution in [1.29, 1.82) is 0 Å². The van der Waals surface area contributed by atoms with Crippen LogP contribution in [0.2, 0.25) is 0 Å². The molecular formula is C20H24N4O4S. The van der Waals surface area contributed by atoms with Crippen molar-refractivity contribution >= 4 is 35.0 Å². The lowest BCUT2D eigenvalue weighted by Crippen LogP contribution is -2.36. The minimum atomic E-state index is -0.499. The first kappa shape index (κ1) is 21.1. The number of ether oxygens (including phenoxy) is 2. The molecule has 8 nitrogen and oxygen atoms in total. The summed E-state index contributed by atoms with van der Waals surface area (Å²) in [6, 6.07) is 7.23. The zero-order valence-electron chi connectivity index (χ0n) is 16.7. The number of aryl methyl sites for hydroxylation is 2. The van der Waals surface area contributed by atoms with Crippen LogP contribution in [-0.2, 0) is 14.3 Å². The molecule has 0 aliphatic carbocycles. The van der Waals surface area contributed by atoms with E-state index >= 15 is 0 Å². The average Bonchev–Trinajstić information content (AvgIpc) is 2.72. The van der Waals surface area contributed by atoms with Gasteiger partial charge in [0.15, 0.2) is 5.16 Å². The lowest BCUT2D eigenvalue weighted by molar-refractivity contribution is -0.113. The number of carbonyl (C=O) groups excluding carboxylic acids is 2. The summed E-state index contributed by atoms with van der Waals surface area (Å²) in [5.41, 5.74) is 3.34. The Hall–Kier alpha value is -2.65. The Kier molecular flexibility index (Phi) is 7.05. The SMILES string of the molecule is COC(=O)c1cc(N2CCOCC2)ccc1NC(=O)CSc1nc(C)cc(C)n1. The number of hydrogen-bond acceptors (Lipinski definition) is 8. The number of esters is 1. The van der Waals surface area contributed by atoms with Crippen LogP contribution in [0.3, 0.4) is 0 Å². The summed E-state index contributed by atoms with van der Waals surface area (Å²) in [6.07, 6.45) is 0. The lowest BCUT2D eigenvalue weighted by Gasteiger charge is -2.29. The van der Waals surface area contributed by atoms with Gasteiger partial charge in [-0.2, -0.15) is 0 Å². The molecule has 29 heavy (non-hydrogen) atoms. The van der Waals surface area contributed by atoms with Crippen molar-refractivity contribution in [2.75, 3.05) is 49.4 Å². The predicted octanol–water partition coefficient (Wildman–Crippen LogP) is 2.45. The first-order valence-corrected chi connectivity index (χ1v) is 10.2. The molecule has 2 aromatic rings. The number of benzene rings is 1. The maximum absolute atomic E-state index is 12.4. The number of anilines is 2. The summed E-state index contributed by atoms with van der Waals surface area (Å²) in [7, 11) is 1.32. The summed E-state index contributed by atoms with van der Waals surface area (Å²) in [5, 5.41) is 3.35. The highest BCUT2D eigenvalue weighted by molar-refractivity contribution is 7.99. The Balaban J connectivity index is 1.71. The Bertz CT molecular complexity index is 880. The Morgan fingerprint density at radius 3 is 2.52 bits per heavy atom. The summed E-state index contributed by atoms with van der Waals surface area (Å²) in [5.74, 6) is -0.614. The molecule has 0 unspecified atom stereocenters. The zero-order valence-corrected chi connectivity index (χ0v) is 17.5. The van der Waals surface area contributed by atoms with E-state index in [0.717, 1.165) is 30.2 Å². The number of aromatic nitrogens is 2. The van der Waals surface area contributed by atoms with Gasteiger partial charge >= 0.3 is 5.97 Å². The molecule has 0 atom stereocenters. The number of nitrogens with one attached hydrogen (secondary N) is 1. The number of carbonyl (C=O) groups is 2. The predicted molar refractivity (Wildman–Crippen MR) is 112 cm³/mol. The summed E-state index contributed by atoms with van der Waals surface area (Å²) in [6.45, 7) is 6.56. The summed E-state index contributed by atoms with van der Waals surface area (Å²) >= 11 is 1.25. The second-order valence-electron chi connectivity index (χ2n) is 6.59. The van der Waals surface area contributed by atoms with Crippen molar-refractivity contribution in [2.24, 2.45) is 0 Å². The highest BCUT2D eigenvalue weighted by Gasteiger charge is 2.18. The van der Waals surface area contributed by atoms with Crippen LogP contribution >= 0.6 is 11.8 Å². The maximum atomic E-state index is 12.4. The molecule has 0 bridgehead atoms. The second kappa shape index (κ2) is 9.71. The van der Waals surface area contributed by atoms with Gasteiger partial charge in [-0.3, -0.25) is 4.79 Å². The Morgan fingerprint density at radius 1 is 1.17 bits per heavy atom.